The van der Waals surface area contributed by atoms with E-state index in [-0.39, 0.29) is 48.6 Å². The van der Waals surface area contributed by atoms with Crippen molar-refractivity contribution in [3.05, 3.63) is 59.4 Å². The van der Waals surface area contributed by atoms with Gasteiger partial charge in [0.2, 0.25) is 15.9 Å². The van der Waals surface area contributed by atoms with Crippen molar-refractivity contribution in [2.45, 2.75) is 30.7 Å². The summed E-state index contributed by atoms with van der Waals surface area (Å²) in [4.78, 5) is 24.5. The molecule has 1 unspecified atom stereocenters. The smallest absolute Gasteiger partial charge is 0.254 e. The Morgan fingerprint density at radius 2 is 1.76 bits per heavy atom. The van der Waals surface area contributed by atoms with Crippen LogP contribution in [-0.4, -0.2) is 50.8 Å². The van der Waals surface area contributed by atoms with Crippen molar-refractivity contribution in [1.29, 1.82) is 0 Å². The van der Waals surface area contributed by atoms with E-state index in [1.807, 2.05) is 0 Å². The molecule has 1 saturated carbocycles. The summed E-state index contributed by atoms with van der Waals surface area (Å²) < 4.78 is 46.6. The lowest BCUT2D eigenvalue weighted by molar-refractivity contribution is -0.117. The summed E-state index contributed by atoms with van der Waals surface area (Å²) in [5.74, 6) is -1.42. The van der Waals surface area contributed by atoms with E-state index in [0.29, 0.717) is 5.69 Å². The van der Waals surface area contributed by atoms with Crippen LogP contribution < -0.4 is 10.6 Å². The molecule has 2 N–H and O–H groups in total. The number of hydrogen-bond donors (Lipinski definition) is 2. The van der Waals surface area contributed by atoms with Crippen molar-refractivity contribution in [2.24, 2.45) is 5.92 Å². The Labute approximate surface area is 192 Å². The molecule has 176 valence electrons. The minimum atomic E-state index is -3.86. The van der Waals surface area contributed by atoms with Gasteiger partial charge in [-0.3, -0.25) is 9.59 Å². The highest BCUT2D eigenvalue weighted by molar-refractivity contribution is 7.89. The molecule has 0 spiro atoms. The van der Waals surface area contributed by atoms with Crippen molar-refractivity contribution in [3.8, 4) is 0 Å². The Morgan fingerprint density at radius 1 is 1.09 bits per heavy atom. The van der Waals surface area contributed by atoms with E-state index in [1.165, 1.54) is 4.31 Å². The second-order valence-corrected chi connectivity index (χ2v) is 10.2. The summed E-state index contributed by atoms with van der Waals surface area (Å²) in [5, 5.41) is 5.55. The Morgan fingerprint density at radius 3 is 2.39 bits per heavy atom. The zero-order chi connectivity index (χ0) is 23.6. The van der Waals surface area contributed by atoms with Crippen molar-refractivity contribution < 1.29 is 27.1 Å². The van der Waals surface area contributed by atoms with Gasteiger partial charge in [0, 0.05) is 24.7 Å². The number of amides is 2. The SMILES string of the molecule is CC(NC(=O)c1cc(S(=O)(=O)N2CCOCC2)ccc1F)c1ccc(NC(=O)C2CC2)cc1. The largest absolute Gasteiger partial charge is 0.379 e. The third kappa shape index (κ3) is 5.40. The molecule has 1 aliphatic heterocycles. The molecule has 33 heavy (non-hydrogen) atoms. The zero-order valence-corrected chi connectivity index (χ0v) is 19.0. The number of hydrogen-bond acceptors (Lipinski definition) is 5. The Hall–Kier alpha value is -2.82. The molecule has 1 atom stereocenters. The molecule has 2 aliphatic rings. The van der Waals surface area contributed by atoms with E-state index in [9.17, 15) is 22.4 Å². The van der Waals surface area contributed by atoms with Crippen LogP contribution in [0.15, 0.2) is 47.4 Å². The van der Waals surface area contributed by atoms with Gasteiger partial charge in [-0.1, -0.05) is 12.1 Å². The molecular formula is C23H26FN3O5S. The summed E-state index contributed by atoms with van der Waals surface area (Å²) >= 11 is 0. The summed E-state index contributed by atoms with van der Waals surface area (Å²) in [7, 11) is -3.86. The van der Waals surface area contributed by atoms with E-state index in [4.69, 9.17) is 4.74 Å². The maximum absolute atomic E-state index is 14.4. The van der Waals surface area contributed by atoms with Crippen LogP contribution in [0.5, 0.6) is 0 Å². The van der Waals surface area contributed by atoms with Gasteiger partial charge >= 0.3 is 0 Å². The number of carbonyl (C=O) groups excluding carboxylic acids is 2. The second-order valence-electron chi connectivity index (χ2n) is 8.24. The van der Waals surface area contributed by atoms with E-state index in [1.54, 1.807) is 31.2 Å². The number of anilines is 1. The number of nitrogens with zero attached hydrogens (tertiary/aromatic N) is 1. The number of sulfonamides is 1. The normalized spacial score (nSPS) is 17.9. The molecule has 2 amide bonds. The lowest BCUT2D eigenvalue weighted by atomic mass is 10.1. The lowest BCUT2D eigenvalue weighted by Gasteiger charge is -2.26. The zero-order valence-electron chi connectivity index (χ0n) is 18.2. The average molecular weight is 476 g/mol. The Balaban J connectivity index is 1.45. The van der Waals surface area contributed by atoms with E-state index in [0.717, 1.165) is 36.6 Å². The monoisotopic (exact) mass is 475 g/mol. The quantitative estimate of drug-likeness (QED) is 0.641. The van der Waals surface area contributed by atoms with Gasteiger partial charge < -0.3 is 15.4 Å². The minimum Gasteiger partial charge on any atom is -0.379 e. The molecule has 4 rings (SSSR count). The maximum atomic E-state index is 14.4. The predicted molar refractivity (Wildman–Crippen MR) is 120 cm³/mol. The van der Waals surface area contributed by atoms with E-state index in [2.05, 4.69) is 10.6 Å². The van der Waals surface area contributed by atoms with Crippen LogP contribution in [0, 0.1) is 11.7 Å². The number of benzene rings is 2. The fourth-order valence-corrected chi connectivity index (χ4v) is 5.01. The highest BCUT2D eigenvalue weighted by Gasteiger charge is 2.30. The molecule has 0 aromatic heterocycles. The highest BCUT2D eigenvalue weighted by atomic mass is 32.2. The minimum absolute atomic E-state index is 0.00601. The number of halogens is 1. The van der Waals surface area contributed by atoms with Gasteiger partial charge in [-0.05, 0) is 55.7 Å². The summed E-state index contributed by atoms with van der Waals surface area (Å²) in [6.45, 7) is 2.72. The first kappa shape index (κ1) is 23.3. The summed E-state index contributed by atoms with van der Waals surface area (Å²) in [6, 6.07) is 9.78. The van der Waals surface area contributed by atoms with Gasteiger partial charge in [0.1, 0.15) is 5.82 Å². The van der Waals surface area contributed by atoms with E-state index >= 15 is 0 Å². The van der Waals surface area contributed by atoms with Crippen molar-refractivity contribution in [3.63, 3.8) is 0 Å². The number of carbonyl (C=O) groups is 2. The van der Waals surface area contributed by atoms with Gasteiger partial charge in [0.15, 0.2) is 0 Å². The number of rotatable bonds is 7. The second kappa shape index (κ2) is 9.58. The molecule has 1 heterocycles. The third-order valence-corrected chi connectivity index (χ3v) is 7.66. The number of nitrogens with one attached hydrogen (secondary N) is 2. The molecule has 10 heteroatoms. The Bertz CT molecular complexity index is 1140. The molecule has 8 nitrogen and oxygen atoms in total. The van der Waals surface area contributed by atoms with Crippen molar-refractivity contribution >= 4 is 27.5 Å². The van der Waals surface area contributed by atoms with Crippen molar-refractivity contribution in [2.75, 3.05) is 31.6 Å². The summed E-state index contributed by atoms with van der Waals surface area (Å²) in [6.07, 6.45) is 1.83. The topological polar surface area (TPSA) is 105 Å². The molecular weight excluding hydrogens is 449 g/mol. The first-order valence-corrected chi connectivity index (χ1v) is 12.3. The van der Waals surface area contributed by atoms with Crippen LogP contribution >= 0.6 is 0 Å². The molecule has 1 aliphatic carbocycles. The maximum Gasteiger partial charge on any atom is 0.254 e. The third-order valence-electron chi connectivity index (χ3n) is 5.76. The molecule has 1 saturated heterocycles. The predicted octanol–water partition coefficient (Wildman–Crippen LogP) is 2.69. The van der Waals surface area contributed by atoms with Crippen molar-refractivity contribution in [1.82, 2.24) is 9.62 Å². The Kier molecular flexibility index (Phi) is 6.78. The number of ether oxygens (including phenoxy) is 1. The van der Waals surface area contributed by atoms with Gasteiger partial charge in [0.25, 0.3) is 5.91 Å². The lowest BCUT2D eigenvalue weighted by Crippen LogP contribution is -2.40. The van der Waals surface area contributed by atoms with Crippen LogP contribution in [0.2, 0.25) is 0 Å². The van der Waals surface area contributed by atoms with Gasteiger partial charge in [-0.25, -0.2) is 12.8 Å². The summed E-state index contributed by atoms with van der Waals surface area (Å²) in [5.41, 5.74) is 1.08. The van der Waals surface area contributed by atoms with Crippen LogP contribution in [0.4, 0.5) is 10.1 Å². The molecule has 0 radical (unpaired) electrons. The first-order valence-electron chi connectivity index (χ1n) is 10.8. The van der Waals surface area contributed by atoms with E-state index < -0.39 is 27.8 Å². The molecule has 0 bridgehead atoms. The highest BCUT2D eigenvalue weighted by Crippen LogP contribution is 2.30. The van der Waals surface area contributed by atoms with Gasteiger partial charge in [-0.15, -0.1) is 0 Å². The number of morpholine rings is 1. The standard InChI is InChI=1S/C23H26FN3O5S/c1-15(16-4-6-18(7-5-16)26-22(28)17-2-3-17)25-23(29)20-14-19(8-9-21(20)24)33(30,31)27-10-12-32-13-11-27/h4-9,14-15,17H,2-3,10-13H2,1H3,(H,25,29)(H,26,28). The first-order chi connectivity index (χ1) is 15.8. The molecule has 2 aromatic rings. The fraction of sp³-hybridized carbons (Fsp3) is 0.391. The average Bonchev–Trinajstić information content (AvgIpc) is 3.66. The van der Waals surface area contributed by atoms with Gasteiger partial charge in [0.05, 0.1) is 29.7 Å². The van der Waals surface area contributed by atoms with Crippen LogP contribution in [0.1, 0.15) is 41.7 Å². The van der Waals surface area contributed by atoms with Crippen LogP contribution in [0.25, 0.3) is 0 Å². The van der Waals surface area contributed by atoms with Gasteiger partial charge in [-0.2, -0.15) is 4.31 Å². The van der Waals surface area contributed by atoms with Crippen LogP contribution in [0.3, 0.4) is 0 Å². The molecule has 2 aromatic carbocycles. The van der Waals surface area contributed by atoms with Crippen LogP contribution in [-0.2, 0) is 19.6 Å². The fourth-order valence-electron chi connectivity index (χ4n) is 3.58. The molecule has 2 fully saturated rings.